The van der Waals surface area contributed by atoms with Crippen molar-refractivity contribution in [2.24, 2.45) is 5.41 Å². The number of carbonyl (C=O) groups is 2. The summed E-state index contributed by atoms with van der Waals surface area (Å²) in [5.41, 5.74) is -0.927. The molecule has 0 unspecified atom stereocenters. The molecular formula is C11H22N2O5. The minimum absolute atomic E-state index is 0.0675. The van der Waals surface area contributed by atoms with Crippen LogP contribution in [0.4, 0.5) is 0 Å². The van der Waals surface area contributed by atoms with Crippen molar-refractivity contribution in [1.82, 2.24) is 10.6 Å². The van der Waals surface area contributed by atoms with Gasteiger partial charge in [0.25, 0.3) is 0 Å². The molecule has 0 radical (unpaired) electrons. The maximum absolute atomic E-state index is 11.5. The second kappa shape index (κ2) is 8.02. The second-order valence-electron chi connectivity index (χ2n) is 4.66. The zero-order chi connectivity index (χ0) is 14.2. The van der Waals surface area contributed by atoms with Crippen molar-refractivity contribution in [2.45, 2.75) is 26.4 Å². The minimum Gasteiger partial charge on any atom is -0.396 e. The summed E-state index contributed by atoms with van der Waals surface area (Å²) in [6, 6.07) is 0. The van der Waals surface area contributed by atoms with E-state index in [4.69, 9.17) is 10.2 Å². The van der Waals surface area contributed by atoms with E-state index >= 15 is 0 Å². The Bertz CT molecular complexity index is 281. The van der Waals surface area contributed by atoms with E-state index in [0.717, 1.165) is 0 Å². The van der Waals surface area contributed by atoms with E-state index in [0.29, 0.717) is 0 Å². The molecule has 0 aromatic heterocycles. The van der Waals surface area contributed by atoms with Gasteiger partial charge >= 0.3 is 0 Å². The Balaban J connectivity index is 3.94. The van der Waals surface area contributed by atoms with Gasteiger partial charge in [0.1, 0.15) is 6.10 Å². The van der Waals surface area contributed by atoms with Gasteiger partial charge in [0.2, 0.25) is 11.8 Å². The molecule has 7 heteroatoms. The molecule has 106 valence electrons. The maximum atomic E-state index is 11.5. The third kappa shape index (κ3) is 5.95. The molecule has 0 aliphatic heterocycles. The van der Waals surface area contributed by atoms with Gasteiger partial charge in [-0.15, -0.1) is 0 Å². The SMILES string of the molecule is CC(C)(CO)[C@@H](O)C(=O)NCCC(=O)NCCO. The summed E-state index contributed by atoms with van der Waals surface area (Å²) in [6.07, 6.45) is -1.26. The Morgan fingerprint density at radius 3 is 2.28 bits per heavy atom. The number of nitrogens with one attached hydrogen (secondary N) is 2. The topological polar surface area (TPSA) is 119 Å². The summed E-state index contributed by atoms with van der Waals surface area (Å²) in [5, 5.41) is 32.0. The number of aliphatic hydroxyl groups is 3. The lowest BCUT2D eigenvalue weighted by molar-refractivity contribution is -0.137. The first-order chi connectivity index (χ1) is 8.35. The summed E-state index contributed by atoms with van der Waals surface area (Å²) >= 11 is 0. The molecule has 0 bridgehead atoms. The Morgan fingerprint density at radius 1 is 1.17 bits per heavy atom. The average molecular weight is 262 g/mol. The van der Waals surface area contributed by atoms with Crippen LogP contribution in [0.3, 0.4) is 0 Å². The van der Waals surface area contributed by atoms with Gasteiger partial charge in [-0.25, -0.2) is 0 Å². The summed E-state index contributed by atoms with van der Waals surface area (Å²) in [4.78, 5) is 22.6. The molecule has 0 spiro atoms. The Kier molecular flexibility index (Phi) is 7.49. The third-order valence-corrected chi connectivity index (χ3v) is 2.48. The van der Waals surface area contributed by atoms with E-state index in [1.165, 1.54) is 0 Å². The van der Waals surface area contributed by atoms with Crippen molar-refractivity contribution in [3.63, 3.8) is 0 Å². The van der Waals surface area contributed by atoms with Gasteiger partial charge in [-0.05, 0) is 0 Å². The van der Waals surface area contributed by atoms with Gasteiger partial charge in [-0.2, -0.15) is 0 Å². The fourth-order valence-electron chi connectivity index (χ4n) is 1.12. The highest BCUT2D eigenvalue weighted by Crippen LogP contribution is 2.19. The summed E-state index contributed by atoms with van der Waals surface area (Å²) in [5.74, 6) is -0.913. The molecule has 7 nitrogen and oxygen atoms in total. The minimum atomic E-state index is -1.33. The molecule has 0 aromatic carbocycles. The summed E-state index contributed by atoms with van der Waals surface area (Å²) in [7, 11) is 0. The van der Waals surface area contributed by atoms with Crippen LogP contribution in [0, 0.1) is 5.41 Å². The lowest BCUT2D eigenvalue weighted by Crippen LogP contribution is -2.46. The molecule has 1 atom stereocenters. The van der Waals surface area contributed by atoms with Gasteiger partial charge in [-0.1, -0.05) is 13.8 Å². The molecule has 0 heterocycles. The summed E-state index contributed by atoms with van der Waals surface area (Å²) < 4.78 is 0. The molecular weight excluding hydrogens is 240 g/mol. The number of rotatable bonds is 8. The van der Waals surface area contributed by atoms with Crippen molar-refractivity contribution in [2.75, 3.05) is 26.3 Å². The average Bonchev–Trinajstić information content (AvgIpc) is 2.35. The van der Waals surface area contributed by atoms with Crippen LogP contribution in [-0.2, 0) is 9.59 Å². The van der Waals surface area contributed by atoms with Crippen molar-refractivity contribution in [3.8, 4) is 0 Å². The molecule has 0 aliphatic rings. The molecule has 0 rings (SSSR count). The first-order valence-electron chi connectivity index (χ1n) is 5.79. The fourth-order valence-corrected chi connectivity index (χ4v) is 1.12. The molecule has 0 fully saturated rings. The maximum Gasteiger partial charge on any atom is 0.249 e. The number of amides is 2. The van der Waals surface area contributed by atoms with Crippen LogP contribution in [0.5, 0.6) is 0 Å². The van der Waals surface area contributed by atoms with E-state index in [9.17, 15) is 14.7 Å². The van der Waals surface area contributed by atoms with Gasteiger partial charge in [0.15, 0.2) is 0 Å². The molecule has 0 saturated carbocycles. The Morgan fingerprint density at radius 2 is 1.78 bits per heavy atom. The quantitative estimate of drug-likeness (QED) is 0.346. The zero-order valence-electron chi connectivity index (χ0n) is 10.8. The third-order valence-electron chi connectivity index (χ3n) is 2.48. The molecule has 0 aliphatic carbocycles. The van der Waals surface area contributed by atoms with E-state index in [1.807, 2.05) is 0 Å². The first kappa shape index (κ1) is 16.8. The molecule has 0 aromatic rings. The predicted octanol–water partition coefficient (Wildman–Crippen LogP) is -2.02. The van der Waals surface area contributed by atoms with Gasteiger partial charge in [-0.3, -0.25) is 9.59 Å². The lowest BCUT2D eigenvalue weighted by atomic mass is 9.87. The van der Waals surface area contributed by atoms with Crippen molar-refractivity contribution in [1.29, 1.82) is 0 Å². The van der Waals surface area contributed by atoms with Crippen LogP contribution in [0.25, 0.3) is 0 Å². The highest BCUT2D eigenvalue weighted by atomic mass is 16.3. The molecule has 5 N–H and O–H groups in total. The lowest BCUT2D eigenvalue weighted by Gasteiger charge is -2.27. The smallest absolute Gasteiger partial charge is 0.249 e. The number of hydrogen-bond donors (Lipinski definition) is 5. The normalized spacial score (nSPS) is 12.9. The van der Waals surface area contributed by atoms with Crippen LogP contribution in [0.2, 0.25) is 0 Å². The van der Waals surface area contributed by atoms with Gasteiger partial charge in [0, 0.05) is 24.9 Å². The van der Waals surface area contributed by atoms with Crippen molar-refractivity contribution in [3.05, 3.63) is 0 Å². The van der Waals surface area contributed by atoms with Crippen LogP contribution in [0.15, 0.2) is 0 Å². The van der Waals surface area contributed by atoms with E-state index < -0.39 is 17.4 Å². The van der Waals surface area contributed by atoms with Crippen LogP contribution < -0.4 is 10.6 Å². The zero-order valence-corrected chi connectivity index (χ0v) is 10.8. The van der Waals surface area contributed by atoms with Crippen LogP contribution >= 0.6 is 0 Å². The van der Waals surface area contributed by atoms with Crippen molar-refractivity contribution >= 4 is 11.8 Å². The Labute approximate surface area is 106 Å². The van der Waals surface area contributed by atoms with Gasteiger partial charge < -0.3 is 26.0 Å². The number of carbonyl (C=O) groups excluding carboxylic acids is 2. The fraction of sp³-hybridized carbons (Fsp3) is 0.818. The highest BCUT2D eigenvalue weighted by Gasteiger charge is 2.32. The molecule has 0 saturated heterocycles. The predicted molar refractivity (Wildman–Crippen MR) is 64.6 cm³/mol. The highest BCUT2D eigenvalue weighted by molar-refractivity contribution is 5.82. The standard InChI is InChI=1S/C11H22N2O5/c1-11(2,7-15)9(17)10(18)13-4-3-8(16)12-5-6-14/h9,14-15,17H,3-7H2,1-2H3,(H,12,16)(H,13,18)/t9-/m0/s1. The number of hydrogen-bond acceptors (Lipinski definition) is 5. The van der Waals surface area contributed by atoms with Crippen LogP contribution in [0.1, 0.15) is 20.3 Å². The van der Waals surface area contributed by atoms with Crippen molar-refractivity contribution < 1.29 is 24.9 Å². The van der Waals surface area contributed by atoms with Crippen LogP contribution in [-0.4, -0.2) is 59.5 Å². The largest absolute Gasteiger partial charge is 0.396 e. The Hall–Kier alpha value is -1.18. The summed E-state index contributed by atoms with van der Waals surface area (Å²) in [6.45, 7) is 2.93. The first-order valence-corrected chi connectivity index (χ1v) is 5.79. The van der Waals surface area contributed by atoms with E-state index in [2.05, 4.69) is 10.6 Å². The van der Waals surface area contributed by atoms with E-state index in [1.54, 1.807) is 13.8 Å². The molecule has 18 heavy (non-hydrogen) atoms. The van der Waals surface area contributed by atoms with E-state index in [-0.39, 0.29) is 38.6 Å². The second-order valence-corrected chi connectivity index (χ2v) is 4.66. The monoisotopic (exact) mass is 262 g/mol. The number of aliphatic hydroxyl groups excluding tert-OH is 3. The van der Waals surface area contributed by atoms with Gasteiger partial charge in [0.05, 0.1) is 13.2 Å². The molecule has 2 amide bonds.